The van der Waals surface area contributed by atoms with E-state index in [1.807, 2.05) is 0 Å². The summed E-state index contributed by atoms with van der Waals surface area (Å²) in [5.74, 6) is -0.690. The first-order chi connectivity index (χ1) is 16.9. The second-order valence-electron chi connectivity index (χ2n) is 9.10. The largest absolute Gasteiger partial charge is 0.494 e. The van der Waals surface area contributed by atoms with E-state index in [4.69, 9.17) is 4.74 Å². The highest BCUT2D eigenvalue weighted by Gasteiger charge is 2.62. The number of fused-ring (bicyclic) bond motifs is 2. The molecule has 2 aromatic carbocycles. The lowest BCUT2D eigenvalue weighted by Crippen LogP contribution is -2.29. The molecule has 1 aliphatic carbocycles. The Labute approximate surface area is 199 Å². The fourth-order valence-corrected chi connectivity index (χ4v) is 5.07. The maximum absolute atomic E-state index is 14.7. The molecule has 2 atom stereocenters. The number of aryl methyl sites for hydroxylation is 1. The fraction of sp³-hybridized carbons (Fsp3) is 0.280. The van der Waals surface area contributed by atoms with Gasteiger partial charge in [-0.25, -0.2) is 18.7 Å². The van der Waals surface area contributed by atoms with Crippen molar-refractivity contribution < 1.29 is 18.3 Å². The number of hydrogen-bond donors (Lipinski definition) is 2. The van der Waals surface area contributed by atoms with E-state index in [9.17, 15) is 13.6 Å². The van der Waals surface area contributed by atoms with Crippen LogP contribution in [0.1, 0.15) is 6.42 Å². The van der Waals surface area contributed by atoms with Gasteiger partial charge in [0.15, 0.2) is 0 Å². The molecule has 6 rings (SSSR count). The van der Waals surface area contributed by atoms with Crippen LogP contribution in [0.3, 0.4) is 0 Å². The van der Waals surface area contributed by atoms with Gasteiger partial charge in [-0.05, 0) is 37.1 Å². The Balaban J connectivity index is 1.49. The van der Waals surface area contributed by atoms with Crippen LogP contribution >= 0.6 is 0 Å². The summed E-state index contributed by atoms with van der Waals surface area (Å²) in [6, 6.07) is 7.14. The van der Waals surface area contributed by atoms with E-state index >= 15 is 0 Å². The van der Waals surface area contributed by atoms with Gasteiger partial charge in [-0.3, -0.25) is 9.48 Å². The topological polar surface area (TPSA) is 94.0 Å². The summed E-state index contributed by atoms with van der Waals surface area (Å²) in [4.78, 5) is 21.9. The molecule has 8 nitrogen and oxygen atoms in total. The van der Waals surface area contributed by atoms with Crippen molar-refractivity contribution in [1.29, 1.82) is 0 Å². The quantitative estimate of drug-likeness (QED) is 0.458. The molecule has 1 saturated carbocycles. The Hall–Kier alpha value is -3.92. The number of nitrogens with one attached hydrogen (secondary N) is 2. The number of aromatic nitrogens is 4. The van der Waals surface area contributed by atoms with Gasteiger partial charge in [-0.1, -0.05) is 6.07 Å². The Morgan fingerprint density at radius 2 is 2.03 bits per heavy atom. The monoisotopic (exact) mass is 476 g/mol. The Kier molecular flexibility index (Phi) is 4.82. The lowest BCUT2D eigenvalue weighted by molar-refractivity contribution is -0.120. The van der Waals surface area contributed by atoms with E-state index in [2.05, 4.69) is 25.7 Å². The number of halogens is 2. The molecule has 0 spiro atoms. The first-order valence-corrected chi connectivity index (χ1v) is 11.2. The maximum Gasteiger partial charge on any atom is 0.232 e. The van der Waals surface area contributed by atoms with Crippen molar-refractivity contribution in [3.8, 4) is 28.3 Å². The van der Waals surface area contributed by atoms with Crippen LogP contribution in [0.4, 0.5) is 14.5 Å². The molecule has 2 unspecified atom stereocenters. The fourth-order valence-electron chi connectivity index (χ4n) is 5.07. The molecule has 0 radical (unpaired) electrons. The summed E-state index contributed by atoms with van der Waals surface area (Å²) in [5.41, 5.74) is 1.42. The summed E-state index contributed by atoms with van der Waals surface area (Å²) < 4.78 is 36.3. The standard InChI is InChI=1S/C25H22F2N6O2/c1-33-10-15(23(32-33)21-16(26)4-3-5-17(21)27)22-14-6-19(20(35-2)7-18(14)29-12-30-22)31-24(34)25-8-13(25)9-28-11-25/h3-7,10,12-13,28H,8-9,11H2,1-2H3,(H,31,34). The number of amides is 1. The highest BCUT2D eigenvalue weighted by molar-refractivity contribution is 6.04. The van der Waals surface area contributed by atoms with Crippen molar-refractivity contribution in [3.63, 3.8) is 0 Å². The number of rotatable bonds is 5. The van der Waals surface area contributed by atoms with Gasteiger partial charge in [-0.15, -0.1) is 0 Å². The number of nitrogens with zero attached hydrogens (tertiary/aromatic N) is 4. The van der Waals surface area contributed by atoms with Crippen LogP contribution in [0.2, 0.25) is 0 Å². The number of ether oxygens (including phenoxy) is 1. The third-order valence-corrected chi connectivity index (χ3v) is 7.00. The lowest BCUT2D eigenvalue weighted by atomic mass is 10.0. The molecule has 1 aliphatic heterocycles. The lowest BCUT2D eigenvalue weighted by Gasteiger charge is -2.16. The Bertz CT molecular complexity index is 1480. The van der Waals surface area contributed by atoms with Gasteiger partial charge in [0.05, 0.1) is 35.0 Å². The molecule has 0 bridgehead atoms. The first kappa shape index (κ1) is 21.6. The molecule has 4 aromatic rings. The number of carbonyl (C=O) groups excluding carboxylic acids is 1. The van der Waals surface area contributed by atoms with E-state index in [-0.39, 0.29) is 22.6 Å². The van der Waals surface area contributed by atoms with Gasteiger partial charge in [-0.2, -0.15) is 5.10 Å². The molecule has 2 aliphatic rings. The van der Waals surface area contributed by atoms with Crippen LogP contribution in [0.15, 0.2) is 42.9 Å². The number of methoxy groups -OCH3 is 1. The normalized spacial score (nSPS) is 20.6. The highest BCUT2D eigenvalue weighted by Crippen LogP contribution is 2.55. The zero-order chi connectivity index (χ0) is 24.3. The van der Waals surface area contributed by atoms with Crippen molar-refractivity contribution >= 4 is 22.5 Å². The summed E-state index contributed by atoms with van der Waals surface area (Å²) in [6.45, 7) is 1.50. The predicted molar refractivity (Wildman–Crippen MR) is 126 cm³/mol. The molecule has 3 heterocycles. The van der Waals surface area contributed by atoms with Crippen molar-refractivity contribution in [2.24, 2.45) is 18.4 Å². The van der Waals surface area contributed by atoms with Gasteiger partial charge in [0.1, 0.15) is 29.4 Å². The summed E-state index contributed by atoms with van der Waals surface area (Å²) >= 11 is 0. The minimum absolute atomic E-state index is 0.0564. The summed E-state index contributed by atoms with van der Waals surface area (Å²) in [6.07, 6.45) is 3.90. The van der Waals surface area contributed by atoms with Crippen LogP contribution in [-0.4, -0.2) is 45.9 Å². The van der Waals surface area contributed by atoms with Gasteiger partial charge in [0.2, 0.25) is 5.91 Å². The average molecular weight is 476 g/mol. The van der Waals surface area contributed by atoms with Gasteiger partial charge in [0.25, 0.3) is 0 Å². The number of hydrogen-bond acceptors (Lipinski definition) is 6. The van der Waals surface area contributed by atoms with Crippen LogP contribution in [0, 0.1) is 23.0 Å². The molecule has 178 valence electrons. The minimum Gasteiger partial charge on any atom is -0.494 e. The average Bonchev–Trinajstić information content (AvgIpc) is 3.19. The zero-order valence-corrected chi connectivity index (χ0v) is 19.1. The molecule has 2 fully saturated rings. The molecule has 1 saturated heterocycles. The SMILES string of the molecule is COc1cc2ncnc(-c3cn(C)nc3-c3c(F)cccc3F)c2cc1NC(=O)C12CNCC1C2. The highest BCUT2D eigenvalue weighted by atomic mass is 19.1. The second-order valence-corrected chi connectivity index (χ2v) is 9.10. The van der Waals surface area contributed by atoms with Crippen molar-refractivity contribution in [3.05, 3.63) is 54.5 Å². The van der Waals surface area contributed by atoms with Crippen molar-refractivity contribution in [2.45, 2.75) is 6.42 Å². The molecule has 1 amide bonds. The predicted octanol–water partition coefficient (Wildman–Crippen LogP) is 3.53. The maximum atomic E-state index is 14.7. The van der Waals surface area contributed by atoms with Crippen molar-refractivity contribution in [2.75, 3.05) is 25.5 Å². The summed E-state index contributed by atoms with van der Waals surface area (Å²) in [5, 5.41) is 11.2. The van der Waals surface area contributed by atoms with Gasteiger partial charge < -0.3 is 15.4 Å². The Morgan fingerprint density at radius 1 is 1.23 bits per heavy atom. The molecular formula is C25H22F2N6O2. The number of anilines is 1. The number of piperidine rings is 1. The molecule has 2 N–H and O–H groups in total. The smallest absolute Gasteiger partial charge is 0.232 e. The van der Waals surface area contributed by atoms with Gasteiger partial charge >= 0.3 is 0 Å². The van der Waals surface area contributed by atoms with E-state index in [0.717, 1.165) is 13.0 Å². The van der Waals surface area contributed by atoms with Crippen LogP contribution in [-0.2, 0) is 11.8 Å². The first-order valence-electron chi connectivity index (χ1n) is 11.2. The number of carbonyl (C=O) groups is 1. The van der Waals surface area contributed by atoms with Crippen LogP contribution in [0.5, 0.6) is 5.75 Å². The third-order valence-electron chi connectivity index (χ3n) is 7.00. The minimum atomic E-state index is -0.721. The zero-order valence-electron chi connectivity index (χ0n) is 19.1. The van der Waals surface area contributed by atoms with E-state index in [1.54, 1.807) is 25.4 Å². The van der Waals surface area contributed by atoms with Crippen molar-refractivity contribution in [1.82, 2.24) is 25.1 Å². The molecular weight excluding hydrogens is 454 g/mol. The molecule has 35 heavy (non-hydrogen) atoms. The van der Waals surface area contributed by atoms with Gasteiger partial charge in [0, 0.05) is 36.8 Å². The van der Waals surface area contributed by atoms with E-state index < -0.39 is 11.6 Å². The van der Waals surface area contributed by atoms with E-state index in [1.165, 1.54) is 36.3 Å². The van der Waals surface area contributed by atoms with Crippen LogP contribution < -0.4 is 15.4 Å². The molecule has 10 heteroatoms. The second kappa shape index (κ2) is 7.81. The third kappa shape index (κ3) is 3.35. The van der Waals surface area contributed by atoms with E-state index in [0.29, 0.717) is 46.1 Å². The Morgan fingerprint density at radius 3 is 2.71 bits per heavy atom. The molecule has 2 aromatic heterocycles. The van der Waals surface area contributed by atoms with Crippen LogP contribution in [0.25, 0.3) is 33.4 Å². The number of benzene rings is 2. The summed E-state index contributed by atoms with van der Waals surface area (Å²) in [7, 11) is 3.19.